The Hall–Kier alpha value is -1.39. The van der Waals surface area contributed by atoms with Gasteiger partial charge in [-0.3, -0.25) is 4.79 Å². The summed E-state index contributed by atoms with van der Waals surface area (Å²) in [6, 6.07) is 8.16. The molecule has 1 fully saturated rings. The van der Waals surface area contributed by atoms with E-state index in [1.807, 2.05) is 25.1 Å². The number of ether oxygens (including phenoxy) is 1. The number of hydrogen-bond acceptors (Lipinski definition) is 3. The maximum Gasteiger partial charge on any atom is 0.225 e. The van der Waals surface area contributed by atoms with E-state index in [4.69, 9.17) is 4.74 Å². The Morgan fingerprint density at radius 3 is 2.77 bits per heavy atom. The zero-order valence-electron chi connectivity index (χ0n) is 13.9. The fourth-order valence-electron chi connectivity index (χ4n) is 2.80. The molecule has 122 valence electrons. The molecule has 0 radical (unpaired) electrons. The molecule has 0 bridgehead atoms. The van der Waals surface area contributed by atoms with Crippen LogP contribution in [0.3, 0.4) is 0 Å². The van der Waals surface area contributed by atoms with E-state index < -0.39 is 0 Å². The van der Waals surface area contributed by atoms with Gasteiger partial charge in [-0.25, -0.2) is 0 Å². The highest BCUT2D eigenvalue weighted by Crippen LogP contribution is 2.23. The standard InChI is InChI=1S/C18H28N2O2/c1-13(2)16-8-4-5-9-17(16)20-18(21)11-14(3)19-12-15-7-6-10-22-15/h4-5,8-9,13-15,19H,6-7,10-12H2,1-3H3,(H,20,21)/t14-,15+/m1/s1. The molecule has 0 aromatic heterocycles. The summed E-state index contributed by atoms with van der Waals surface area (Å²) in [5.74, 6) is 0.451. The van der Waals surface area contributed by atoms with E-state index in [1.54, 1.807) is 0 Å². The second-order valence-corrected chi connectivity index (χ2v) is 6.44. The zero-order chi connectivity index (χ0) is 15.9. The minimum absolute atomic E-state index is 0.0560. The highest BCUT2D eigenvalue weighted by atomic mass is 16.5. The first-order valence-corrected chi connectivity index (χ1v) is 8.30. The van der Waals surface area contributed by atoms with Crippen LogP contribution in [0.25, 0.3) is 0 Å². The fraction of sp³-hybridized carbons (Fsp3) is 0.611. The van der Waals surface area contributed by atoms with Crippen molar-refractivity contribution >= 4 is 11.6 Å². The Balaban J connectivity index is 1.79. The van der Waals surface area contributed by atoms with E-state index >= 15 is 0 Å². The maximum atomic E-state index is 12.2. The van der Waals surface area contributed by atoms with Crippen molar-refractivity contribution in [2.75, 3.05) is 18.5 Å². The topological polar surface area (TPSA) is 50.4 Å². The van der Waals surface area contributed by atoms with E-state index in [0.717, 1.165) is 31.7 Å². The SMILES string of the molecule is CC(C)c1ccccc1NC(=O)C[C@@H](C)NC[C@@H]1CCCO1. The molecule has 2 rings (SSSR count). The molecule has 1 heterocycles. The average Bonchev–Trinajstić information content (AvgIpc) is 2.98. The monoisotopic (exact) mass is 304 g/mol. The number of anilines is 1. The van der Waals surface area contributed by atoms with E-state index in [-0.39, 0.29) is 11.9 Å². The number of amides is 1. The number of benzene rings is 1. The Labute approximate surface area is 133 Å². The van der Waals surface area contributed by atoms with E-state index in [0.29, 0.717) is 18.4 Å². The summed E-state index contributed by atoms with van der Waals surface area (Å²) in [5, 5.41) is 6.43. The number of carbonyl (C=O) groups excluding carboxylic acids is 1. The Kier molecular flexibility index (Phi) is 6.40. The third kappa shape index (κ3) is 5.11. The van der Waals surface area contributed by atoms with Crippen LogP contribution in [0.15, 0.2) is 24.3 Å². The van der Waals surface area contributed by atoms with Gasteiger partial charge in [0.05, 0.1) is 6.10 Å². The second-order valence-electron chi connectivity index (χ2n) is 6.44. The van der Waals surface area contributed by atoms with Gasteiger partial charge in [-0.1, -0.05) is 32.0 Å². The molecule has 0 saturated carbocycles. The van der Waals surface area contributed by atoms with E-state index in [9.17, 15) is 4.79 Å². The van der Waals surface area contributed by atoms with Crippen molar-refractivity contribution in [2.24, 2.45) is 0 Å². The van der Waals surface area contributed by atoms with Crippen molar-refractivity contribution in [2.45, 2.75) is 58.1 Å². The fourth-order valence-corrected chi connectivity index (χ4v) is 2.80. The van der Waals surface area contributed by atoms with Gasteiger partial charge in [-0.05, 0) is 37.3 Å². The van der Waals surface area contributed by atoms with Crippen LogP contribution in [0.5, 0.6) is 0 Å². The lowest BCUT2D eigenvalue weighted by atomic mass is 10.0. The van der Waals surface area contributed by atoms with Crippen LogP contribution in [-0.2, 0) is 9.53 Å². The molecule has 1 amide bonds. The molecule has 22 heavy (non-hydrogen) atoms. The highest BCUT2D eigenvalue weighted by molar-refractivity contribution is 5.91. The minimum Gasteiger partial charge on any atom is -0.377 e. The van der Waals surface area contributed by atoms with Gasteiger partial charge >= 0.3 is 0 Å². The lowest BCUT2D eigenvalue weighted by Crippen LogP contribution is -2.36. The number of rotatable bonds is 7. The van der Waals surface area contributed by atoms with Crippen LogP contribution < -0.4 is 10.6 Å². The summed E-state index contributed by atoms with van der Waals surface area (Å²) >= 11 is 0. The van der Waals surface area contributed by atoms with Gasteiger partial charge in [-0.15, -0.1) is 0 Å². The van der Waals surface area contributed by atoms with Crippen LogP contribution in [0.2, 0.25) is 0 Å². The van der Waals surface area contributed by atoms with Gasteiger partial charge < -0.3 is 15.4 Å². The lowest BCUT2D eigenvalue weighted by molar-refractivity contribution is -0.116. The molecule has 1 aliphatic rings. The molecule has 1 aromatic rings. The Morgan fingerprint density at radius 2 is 2.09 bits per heavy atom. The molecule has 2 N–H and O–H groups in total. The Bertz CT molecular complexity index is 482. The van der Waals surface area contributed by atoms with Crippen molar-refractivity contribution in [1.82, 2.24) is 5.32 Å². The molecule has 2 atom stereocenters. The van der Waals surface area contributed by atoms with Crippen molar-refractivity contribution in [3.8, 4) is 0 Å². The second kappa shape index (κ2) is 8.30. The van der Waals surface area contributed by atoms with Gasteiger partial charge in [-0.2, -0.15) is 0 Å². The molecule has 1 saturated heterocycles. The van der Waals surface area contributed by atoms with Gasteiger partial charge in [0.15, 0.2) is 0 Å². The van der Waals surface area contributed by atoms with Gasteiger partial charge in [0, 0.05) is 31.3 Å². The van der Waals surface area contributed by atoms with Crippen molar-refractivity contribution in [3.05, 3.63) is 29.8 Å². The summed E-state index contributed by atoms with van der Waals surface area (Å²) in [6.07, 6.45) is 3.05. The van der Waals surface area contributed by atoms with Crippen LogP contribution in [-0.4, -0.2) is 31.2 Å². The smallest absolute Gasteiger partial charge is 0.225 e. The number of nitrogens with one attached hydrogen (secondary N) is 2. The average molecular weight is 304 g/mol. The first kappa shape index (κ1) is 17.0. The molecule has 0 spiro atoms. The normalized spacial score (nSPS) is 19.4. The molecular weight excluding hydrogens is 276 g/mol. The molecule has 1 aromatic carbocycles. The third-order valence-electron chi connectivity index (χ3n) is 4.07. The largest absolute Gasteiger partial charge is 0.377 e. The summed E-state index contributed by atoms with van der Waals surface area (Å²) in [6.45, 7) is 8.01. The van der Waals surface area contributed by atoms with Crippen LogP contribution in [0.1, 0.15) is 51.5 Å². The minimum atomic E-state index is 0.0560. The summed E-state index contributed by atoms with van der Waals surface area (Å²) in [5.41, 5.74) is 2.10. The van der Waals surface area contributed by atoms with Crippen molar-refractivity contribution in [1.29, 1.82) is 0 Å². The first-order chi connectivity index (χ1) is 10.6. The van der Waals surface area contributed by atoms with Gasteiger partial charge in [0.2, 0.25) is 5.91 Å². The van der Waals surface area contributed by atoms with Crippen LogP contribution >= 0.6 is 0 Å². The quantitative estimate of drug-likeness (QED) is 0.812. The third-order valence-corrected chi connectivity index (χ3v) is 4.07. The predicted molar refractivity (Wildman–Crippen MR) is 90.2 cm³/mol. The van der Waals surface area contributed by atoms with Gasteiger partial charge in [0.1, 0.15) is 0 Å². The van der Waals surface area contributed by atoms with Crippen LogP contribution in [0.4, 0.5) is 5.69 Å². The number of hydrogen-bond donors (Lipinski definition) is 2. The van der Waals surface area contributed by atoms with Crippen molar-refractivity contribution < 1.29 is 9.53 Å². The predicted octanol–water partition coefficient (Wildman–Crippen LogP) is 3.30. The molecule has 4 nitrogen and oxygen atoms in total. The highest BCUT2D eigenvalue weighted by Gasteiger charge is 2.17. The van der Waals surface area contributed by atoms with E-state index in [1.165, 1.54) is 5.56 Å². The lowest BCUT2D eigenvalue weighted by Gasteiger charge is -2.18. The summed E-state index contributed by atoms with van der Waals surface area (Å²) < 4.78 is 5.58. The van der Waals surface area contributed by atoms with E-state index in [2.05, 4.69) is 30.5 Å². The number of carbonyl (C=O) groups is 1. The molecule has 0 unspecified atom stereocenters. The molecule has 0 aliphatic carbocycles. The molecular formula is C18H28N2O2. The zero-order valence-corrected chi connectivity index (χ0v) is 13.9. The number of para-hydroxylation sites is 1. The molecule has 1 aliphatic heterocycles. The van der Waals surface area contributed by atoms with Crippen molar-refractivity contribution in [3.63, 3.8) is 0 Å². The van der Waals surface area contributed by atoms with Crippen LogP contribution in [0, 0.1) is 0 Å². The first-order valence-electron chi connectivity index (χ1n) is 8.30. The van der Waals surface area contributed by atoms with Gasteiger partial charge in [0.25, 0.3) is 0 Å². The molecule has 4 heteroatoms. The maximum absolute atomic E-state index is 12.2. The Morgan fingerprint density at radius 1 is 1.32 bits per heavy atom. The summed E-state index contributed by atoms with van der Waals surface area (Å²) in [4.78, 5) is 12.2. The summed E-state index contributed by atoms with van der Waals surface area (Å²) in [7, 11) is 0.